The normalized spacial score (nSPS) is 20.1. The number of hydrogen-bond donors (Lipinski definition) is 3. The van der Waals surface area contributed by atoms with Gasteiger partial charge in [-0.2, -0.15) is 0 Å². The molecule has 4 N–H and O–H groups in total. The predicted octanol–water partition coefficient (Wildman–Crippen LogP) is 4.87. The van der Waals surface area contributed by atoms with Crippen LogP contribution in [0.3, 0.4) is 0 Å². The van der Waals surface area contributed by atoms with Crippen LogP contribution in [0.5, 0.6) is 0 Å². The minimum Gasteiger partial charge on any atom is -0.390 e. The van der Waals surface area contributed by atoms with Crippen molar-refractivity contribution in [2.45, 2.75) is 64.8 Å². The SMILES string of the molecule is CCC(C)/C(SC)=C(\N=C/N)Nc1cc(C)c2c(c1)C1(CCCCC1)NC2=O. The van der Waals surface area contributed by atoms with Crippen LogP contribution in [-0.2, 0) is 5.54 Å². The highest BCUT2D eigenvalue weighted by atomic mass is 32.2. The number of benzene rings is 1. The molecule has 2 aliphatic rings. The molecule has 1 atom stereocenters. The van der Waals surface area contributed by atoms with Crippen molar-refractivity contribution in [3.63, 3.8) is 0 Å². The van der Waals surface area contributed by atoms with E-state index < -0.39 is 0 Å². The average molecular weight is 401 g/mol. The summed E-state index contributed by atoms with van der Waals surface area (Å²) in [5.74, 6) is 1.25. The number of anilines is 1. The number of nitrogens with one attached hydrogen (secondary N) is 2. The third-order valence-electron chi connectivity index (χ3n) is 6.12. The van der Waals surface area contributed by atoms with Crippen LogP contribution in [0.25, 0.3) is 0 Å². The Morgan fingerprint density at radius 3 is 2.71 bits per heavy atom. The molecule has 1 saturated carbocycles. The quantitative estimate of drug-likeness (QED) is 0.470. The Morgan fingerprint density at radius 1 is 1.39 bits per heavy atom. The van der Waals surface area contributed by atoms with E-state index in [1.807, 2.05) is 13.0 Å². The standard InChI is InChI=1S/C22H32N4OS/c1-5-14(2)19(28-4)20(24-13-23)25-16-11-15(3)18-17(12-16)22(26-21(18)27)9-7-6-8-10-22/h11-14,25H,5-10H2,1-4H3,(H2,23,24)(H,26,27)/b20-19-. The van der Waals surface area contributed by atoms with Crippen molar-refractivity contribution >= 4 is 29.7 Å². The number of carbonyl (C=O) groups excluding carboxylic acids is 1. The van der Waals surface area contributed by atoms with Crippen LogP contribution in [0.4, 0.5) is 5.69 Å². The topological polar surface area (TPSA) is 79.5 Å². The van der Waals surface area contributed by atoms with Gasteiger partial charge in [0.2, 0.25) is 0 Å². The fourth-order valence-electron chi connectivity index (χ4n) is 4.52. The van der Waals surface area contributed by atoms with Crippen molar-refractivity contribution in [2.24, 2.45) is 16.6 Å². The van der Waals surface area contributed by atoms with Crippen molar-refractivity contribution < 1.29 is 4.79 Å². The number of thioether (sulfide) groups is 1. The number of aliphatic imine (C=N–C) groups is 1. The number of nitrogens with zero attached hydrogens (tertiary/aromatic N) is 1. The molecule has 6 heteroatoms. The molecule has 1 aromatic carbocycles. The molecule has 0 bridgehead atoms. The fourth-order valence-corrected chi connectivity index (χ4v) is 5.39. The molecule has 1 spiro atoms. The second kappa shape index (κ2) is 8.60. The second-order valence-corrected chi connectivity index (χ2v) is 8.79. The third kappa shape index (κ3) is 3.79. The monoisotopic (exact) mass is 400 g/mol. The van der Waals surface area contributed by atoms with Crippen LogP contribution in [0.2, 0.25) is 0 Å². The summed E-state index contributed by atoms with van der Waals surface area (Å²) in [6.07, 6.45) is 10.0. The zero-order valence-electron chi connectivity index (χ0n) is 17.4. The van der Waals surface area contributed by atoms with E-state index >= 15 is 0 Å². The number of rotatable bonds is 6. The van der Waals surface area contributed by atoms with E-state index in [0.29, 0.717) is 5.92 Å². The van der Waals surface area contributed by atoms with E-state index in [2.05, 4.69) is 41.8 Å². The largest absolute Gasteiger partial charge is 0.390 e. The summed E-state index contributed by atoms with van der Waals surface area (Å²) in [4.78, 5) is 18.3. The van der Waals surface area contributed by atoms with Gasteiger partial charge in [-0.15, -0.1) is 11.8 Å². The summed E-state index contributed by atoms with van der Waals surface area (Å²) in [6, 6.07) is 4.19. The van der Waals surface area contributed by atoms with Gasteiger partial charge in [0.15, 0.2) is 0 Å². The molecule has 28 heavy (non-hydrogen) atoms. The van der Waals surface area contributed by atoms with E-state index in [0.717, 1.165) is 60.3 Å². The van der Waals surface area contributed by atoms with Crippen molar-refractivity contribution in [1.82, 2.24) is 5.32 Å². The molecule has 1 fully saturated rings. The summed E-state index contributed by atoms with van der Waals surface area (Å²) < 4.78 is 0. The molecule has 1 heterocycles. The number of amides is 1. The van der Waals surface area contributed by atoms with Crippen LogP contribution in [0.1, 0.15) is 73.9 Å². The van der Waals surface area contributed by atoms with E-state index in [1.54, 1.807) is 11.8 Å². The summed E-state index contributed by atoms with van der Waals surface area (Å²) in [6.45, 7) is 6.40. The van der Waals surface area contributed by atoms with E-state index in [-0.39, 0.29) is 11.4 Å². The molecule has 1 unspecified atom stereocenters. The first kappa shape index (κ1) is 20.8. The Hall–Kier alpha value is -1.95. The van der Waals surface area contributed by atoms with Gasteiger partial charge in [0.05, 0.1) is 11.9 Å². The minimum atomic E-state index is -0.201. The van der Waals surface area contributed by atoms with Gasteiger partial charge in [0.1, 0.15) is 5.82 Å². The summed E-state index contributed by atoms with van der Waals surface area (Å²) in [5.41, 5.74) is 9.40. The lowest BCUT2D eigenvalue weighted by molar-refractivity contribution is 0.0909. The van der Waals surface area contributed by atoms with Gasteiger partial charge in [-0.05, 0) is 61.6 Å². The maximum Gasteiger partial charge on any atom is 0.252 e. The van der Waals surface area contributed by atoms with Crippen molar-refractivity contribution in [1.29, 1.82) is 0 Å². The number of nitrogens with two attached hydrogens (primary N) is 1. The molecule has 0 aromatic heterocycles. The molecule has 1 amide bonds. The van der Waals surface area contributed by atoms with Crippen LogP contribution in [0, 0.1) is 12.8 Å². The smallest absolute Gasteiger partial charge is 0.252 e. The lowest BCUT2D eigenvalue weighted by Crippen LogP contribution is -2.40. The maximum absolute atomic E-state index is 12.7. The van der Waals surface area contributed by atoms with Crippen molar-refractivity contribution in [2.75, 3.05) is 11.6 Å². The average Bonchev–Trinajstić information content (AvgIpc) is 2.94. The molecule has 1 aromatic rings. The first-order valence-electron chi connectivity index (χ1n) is 10.2. The Balaban J connectivity index is 2.04. The van der Waals surface area contributed by atoms with Gasteiger partial charge in [0, 0.05) is 16.2 Å². The van der Waals surface area contributed by atoms with Crippen LogP contribution >= 0.6 is 11.8 Å². The molecule has 1 aliphatic carbocycles. The summed E-state index contributed by atoms with van der Waals surface area (Å²) in [7, 11) is 0. The zero-order valence-corrected chi connectivity index (χ0v) is 18.2. The number of aryl methyl sites for hydroxylation is 1. The van der Waals surface area contributed by atoms with E-state index in [1.165, 1.54) is 17.7 Å². The van der Waals surface area contributed by atoms with E-state index in [9.17, 15) is 4.79 Å². The van der Waals surface area contributed by atoms with Gasteiger partial charge in [-0.1, -0.05) is 33.1 Å². The van der Waals surface area contributed by atoms with E-state index in [4.69, 9.17) is 5.73 Å². The second-order valence-electron chi connectivity index (χ2n) is 7.94. The molecule has 5 nitrogen and oxygen atoms in total. The van der Waals surface area contributed by atoms with Crippen LogP contribution in [0.15, 0.2) is 27.9 Å². The van der Waals surface area contributed by atoms with Crippen LogP contribution in [-0.4, -0.2) is 18.5 Å². The third-order valence-corrected chi connectivity index (χ3v) is 7.15. The highest BCUT2D eigenvalue weighted by Gasteiger charge is 2.44. The first-order chi connectivity index (χ1) is 13.5. The van der Waals surface area contributed by atoms with Crippen molar-refractivity contribution in [3.8, 4) is 0 Å². The van der Waals surface area contributed by atoms with Gasteiger partial charge in [-0.3, -0.25) is 4.79 Å². The number of hydrogen-bond acceptors (Lipinski definition) is 4. The molecule has 1 aliphatic heterocycles. The Kier molecular flexibility index (Phi) is 6.38. The molecular weight excluding hydrogens is 368 g/mol. The molecule has 0 saturated heterocycles. The van der Waals surface area contributed by atoms with Crippen LogP contribution < -0.4 is 16.4 Å². The minimum absolute atomic E-state index is 0.0705. The highest BCUT2D eigenvalue weighted by Crippen LogP contribution is 2.44. The number of allylic oxidation sites excluding steroid dienone is 1. The molecule has 152 valence electrons. The summed E-state index contributed by atoms with van der Waals surface area (Å²) in [5, 5.41) is 6.81. The van der Waals surface area contributed by atoms with Crippen molar-refractivity contribution in [3.05, 3.63) is 39.5 Å². The van der Waals surface area contributed by atoms with Gasteiger partial charge < -0.3 is 16.4 Å². The lowest BCUT2D eigenvalue weighted by Gasteiger charge is -2.34. The Bertz CT molecular complexity index is 809. The number of carbonyl (C=O) groups is 1. The molecular formula is C22H32N4OS. The molecule has 3 rings (SSSR count). The zero-order chi connectivity index (χ0) is 20.3. The van der Waals surface area contributed by atoms with Gasteiger partial charge in [0.25, 0.3) is 5.91 Å². The predicted molar refractivity (Wildman–Crippen MR) is 120 cm³/mol. The Labute approximate surface area is 172 Å². The van der Waals surface area contributed by atoms with Gasteiger partial charge in [-0.25, -0.2) is 4.99 Å². The first-order valence-corrected chi connectivity index (χ1v) is 11.4. The van der Waals surface area contributed by atoms with Gasteiger partial charge >= 0.3 is 0 Å². The summed E-state index contributed by atoms with van der Waals surface area (Å²) >= 11 is 1.70. The Morgan fingerprint density at radius 2 is 2.11 bits per heavy atom. The molecule has 0 radical (unpaired) electrons. The lowest BCUT2D eigenvalue weighted by atomic mass is 9.77. The fraction of sp³-hybridized carbons (Fsp3) is 0.545. The maximum atomic E-state index is 12.7. The highest BCUT2D eigenvalue weighted by molar-refractivity contribution is 8.02. The number of fused-ring (bicyclic) bond motifs is 2.